The first-order chi connectivity index (χ1) is 11.6. The molecule has 0 aromatic heterocycles. The van der Waals surface area contributed by atoms with Gasteiger partial charge in [0.2, 0.25) is 5.91 Å². The Balaban J connectivity index is 1.69. The third kappa shape index (κ3) is 3.55. The van der Waals surface area contributed by atoms with Crippen LogP contribution in [-0.2, 0) is 4.79 Å². The summed E-state index contributed by atoms with van der Waals surface area (Å²) >= 11 is 0. The lowest BCUT2D eigenvalue weighted by atomic mass is 9.94. The fourth-order valence-electron chi connectivity index (χ4n) is 3.73. The second-order valence-corrected chi connectivity index (χ2v) is 7.00. The molecule has 0 aliphatic carbocycles. The molecular weight excluding hydrogens is 304 g/mol. The standard InChI is InChI=1S/C19H26N2O3/c1-14-7-8-17(22)16(12-14)19(24)21-11-5-6-15(13-21)18(23)20-9-3-2-4-10-20/h7-8,12,15,22H,2-6,9-11,13H2,1H3/t15-/m1/s1. The van der Waals surface area contributed by atoms with Crippen LogP contribution in [-0.4, -0.2) is 52.9 Å². The van der Waals surface area contributed by atoms with Crippen molar-refractivity contribution in [3.63, 3.8) is 0 Å². The summed E-state index contributed by atoms with van der Waals surface area (Å²) in [7, 11) is 0. The number of amides is 2. The molecule has 2 aliphatic rings. The molecule has 3 rings (SSSR count). The number of rotatable bonds is 2. The molecule has 2 aliphatic heterocycles. The van der Waals surface area contributed by atoms with Gasteiger partial charge in [0, 0.05) is 26.2 Å². The Morgan fingerprint density at radius 3 is 2.50 bits per heavy atom. The van der Waals surface area contributed by atoms with Crippen LogP contribution >= 0.6 is 0 Å². The van der Waals surface area contributed by atoms with Gasteiger partial charge in [0.05, 0.1) is 11.5 Å². The second kappa shape index (κ2) is 7.24. The highest BCUT2D eigenvalue weighted by Crippen LogP contribution is 2.25. The monoisotopic (exact) mass is 330 g/mol. The van der Waals surface area contributed by atoms with E-state index in [2.05, 4.69) is 0 Å². The molecule has 1 N–H and O–H groups in total. The quantitative estimate of drug-likeness (QED) is 0.906. The molecule has 24 heavy (non-hydrogen) atoms. The molecule has 1 atom stereocenters. The highest BCUT2D eigenvalue weighted by atomic mass is 16.3. The van der Waals surface area contributed by atoms with Gasteiger partial charge in [0.25, 0.3) is 5.91 Å². The highest BCUT2D eigenvalue weighted by Gasteiger charge is 2.32. The van der Waals surface area contributed by atoms with E-state index < -0.39 is 0 Å². The van der Waals surface area contributed by atoms with Gasteiger partial charge in [0.1, 0.15) is 5.75 Å². The number of benzene rings is 1. The third-order valence-corrected chi connectivity index (χ3v) is 5.11. The lowest BCUT2D eigenvalue weighted by Gasteiger charge is -2.36. The summed E-state index contributed by atoms with van der Waals surface area (Å²) in [4.78, 5) is 29.2. The fraction of sp³-hybridized carbons (Fsp3) is 0.579. The predicted molar refractivity (Wildman–Crippen MR) is 91.9 cm³/mol. The lowest BCUT2D eigenvalue weighted by Crippen LogP contribution is -2.47. The van der Waals surface area contributed by atoms with Crippen LogP contribution < -0.4 is 0 Å². The van der Waals surface area contributed by atoms with E-state index in [0.717, 1.165) is 44.3 Å². The zero-order valence-electron chi connectivity index (χ0n) is 14.3. The Morgan fingerprint density at radius 2 is 1.75 bits per heavy atom. The molecule has 2 saturated heterocycles. The van der Waals surface area contributed by atoms with Crippen molar-refractivity contribution in [1.29, 1.82) is 0 Å². The number of piperidine rings is 2. The first kappa shape index (κ1) is 16.8. The van der Waals surface area contributed by atoms with Crippen LogP contribution in [0.2, 0.25) is 0 Å². The molecule has 0 saturated carbocycles. The minimum atomic E-state index is -0.174. The van der Waals surface area contributed by atoms with Crippen molar-refractivity contribution in [2.75, 3.05) is 26.2 Å². The van der Waals surface area contributed by atoms with Gasteiger partial charge in [-0.15, -0.1) is 0 Å². The van der Waals surface area contributed by atoms with Crippen molar-refractivity contribution in [2.24, 2.45) is 5.92 Å². The number of hydrogen-bond donors (Lipinski definition) is 1. The number of carbonyl (C=O) groups excluding carboxylic acids is 2. The molecule has 1 aromatic rings. The smallest absolute Gasteiger partial charge is 0.257 e. The van der Waals surface area contributed by atoms with Crippen molar-refractivity contribution in [1.82, 2.24) is 9.80 Å². The average Bonchev–Trinajstić information content (AvgIpc) is 2.63. The Morgan fingerprint density at radius 1 is 1.04 bits per heavy atom. The van der Waals surface area contributed by atoms with Crippen molar-refractivity contribution >= 4 is 11.8 Å². The number of aromatic hydroxyl groups is 1. The summed E-state index contributed by atoms with van der Waals surface area (Å²) in [5.74, 6) is -0.0733. The summed E-state index contributed by atoms with van der Waals surface area (Å²) in [5, 5.41) is 9.99. The maximum Gasteiger partial charge on any atom is 0.257 e. The zero-order chi connectivity index (χ0) is 17.1. The van der Waals surface area contributed by atoms with Crippen molar-refractivity contribution in [3.8, 4) is 5.75 Å². The molecule has 2 amide bonds. The van der Waals surface area contributed by atoms with Crippen LogP contribution in [0, 0.1) is 12.8 Å². The maximum absolute atomic E-state index is 12.8. The molecule has 0 radical (unpaired) electrons. The summed E-state index contributed by atoms with van der Waals surface area (Å²) in [5.41, 5.74) is 1.27. The summed E-state index contributed by atoms with van der Waals surface area (Å²) in [6.07, 6.45) is 5.05. The van der Waals surface area contributed by atoms with Gasteiger partial charge in [-0.25, -0.2) is 0 Å². The van der Waals surface area contributed by atoms with Gasteiger partial charge in [-0.1, -0.05) is 11.6 Å². The van der Waals surface area contributed by atoms with Crippen LogP contribution in [0.5, 0.6) is 5.75 Å². The van der Waals surface area contributed by atoms with Gasteiger partial charge >= 0.3 is 0 Å². The Hall–Kier alpha value is -2.04. The first-order valence-corrected chi connectivity index (χ1v) is 8.94. The molecule has 0 spiro atoms. The highest BCUT2D eigenvalue weighted by molar-refractivity contribution is 5.97. The van der Waals surface area contributed by atoms with Crippen molar-refractivity contribution < 1.29 is 14.7 Å². The minimum absolute atomic E-state index is 0.00933. The van der Waals surface area contributed by atoms with Crippen LogP contribution in [0.4, 0.5) is 0 Å². The SMILES string of the molecule is Cc1ccc(O)c(C(=O)N2CCC[C@@H](C(=O)N3CCCCC3)C2)c1. The van der Waals surface area contributed by atoms with E-state index in [0.29, 0.717) is 18.7 Å². The number of hydrogen-bond acceptors (Lipinski definition) is 3. The van der Waals surface area contributed by atoms with Crippen LogP contribution in [0.15, 0.2) is 18.2 Å². The molecule has 2 heterocycles. The van der Waals surface area contributed by atoms with E-state index in [-0.39, 0.29) is 23.5 Å². The minimum Gasteiger partial charge on any atom is -0.507 e. The van der Waals surface area contributed by atoms with Gasteiger partial charge < -0.3 is 14.9 Å². The normalized spacial score (nSPS) is 21.6. The first-order valence-electron chi connectivity index (χ1n) is 8.94. The Labute approximate surface area is 143 Å². The Bertz CT molecular complexity index is 623. The number of phenols is 1. The van der Waals surface area contributed by atoms with E-state index >= 15 is 0 Å². The van der Waals surface area contributed by atoms with Gasteiger partial charge in [-0.2, -0.15) is 0 Å². The van der Waals surface area contributed by atoms with Gasteiger partial charge in [0.15, 0.2) is 0 Å². The average molecular weight is 330 g/mol. The zero-order valence-corrected chi connectivity index (χ0v) is 14.3. The molecule has 130 valence electrons. The predicted octanol–water partition coefficient (Wildman–Crippen LogP) is 2.57. The van der Waals surface area contributed by atoms with E-state index in [9.17, 15) is 14.7 Å². The van der Waals surface area contributed by atoms with Crippen LogP contribution in [0.3, 0.4) is 0 Å². The van der Waals surface area contributed by atoms with E-state index in [4.69, 9.17) is 0 Å². The molecular formula is C19H26N2O3. The Kier molecular flexibility index (Phi) is 5.07. The van der Waals surface area contributed by atoms with E-state index in [1.165, 1.54) is 6.42 Å². The molecule has 0 bridgehead atoms. The molecule has 1 aromatic carbocycles. The number of carbonyl (C=O) groups is 2. The summed E-state index contributed by atoms with van der Waals surface area (Å²) in [6.45, 7) is 4.70. The largest absolute Gasteiger partial charge is 0.507 e. The summed E-state index contributed by atoms with van der Waals surface area (Å²) in [6, 6.07) is 5.06. The lowest BCUT2D eigenvalue weighted by molar-refractivity contribution is -0.137. The number of phenolic OH excluding ortho intramolecular Hbond substituents is 1. The molecule has 0 unspecified atom stereocenters. The van der Waals surface area contributed by atoms with Crippen molar-refractivity contribution in [2.45, 2.75) is 39.0 Å². The van der Waals surface area contributed by atoms with Gasteiger partial charge in [-0.3, -0.25) is 9.59 Å². The van der Waals surface area contributed by atoms with E-state index in [1.54, 1.807) is 23.1 Å². The maximum atomic E-state index is 12.8. The molecule has 5 heteroatoms. The number of aryl methyl sites for hydroxylation is 1. The second-order valence-electron chi connectivity index (χ2n) is 7.00. The third-order valence-electron chi connectivity index (χ3n) is 5.11. The molecule has 5 nitrogen and oxygen atoms in total. The molecule has 2 fully saturated rings. The van der Waals surface area contributed by atoms with Crippen LogP contribution in [0.25, 0.3) is 0 Å². The number of nitrogens with zero attached hydrogens (tertiary/aromatic N) is 2. The van der Waals surface area contributed by atoms with Gasteiger partial charge in [-0.05, 0) is 51.2 Å². The van der Waals surface area contributed by atoms with Crippen molar-refractivity contribution in [3.05, 3.63) is 29.3 Å². The van der Waals surface area contributed by atoms with E-state index in [1.807, 2.05) is 11.8 Å². The topological polar surface area (TPSA) is 60.9 Å². The van der Waals surface area contributed by atoms with Crippen LogP contribution in [0.1, 0.15) is 48.0 Å². The number of likely N-dealkylation sites (tertiary alicyclic amines) is 2. The fourth-order valence-corrected chi connectivity index (χ4v) is 3.73. The summed E-state index contributed by atoms with van der Waals surface area (Å²) < 4.78 is 0.